The number of rotatable bonds is 2. The molecule has 0 fully saturated rings. The number of hydrogen-bond acceptors (Lipinski definition) is 3. The molecule has 3 rings (SSSR count). The molecule has 0 aliphatic carbocycles. The van der Waals surface area contributed by atoms with Gasteiger partial charge in [0.25, 0.3) is 0 Å². The molecule has 0 atom stereocenters. The van der Waals surface area contributed by atoms with Gasteiger partial charge in [0.15, 0.2) is 0 Å². The van der Waals surface area contributed by atoms with Gasteiger partial charge in [0.1, 0.15) is 11.4 Å². The first-order valence-electron chi connectivity index (χ1n) is 8.43. The fourth-order valence-corrected chi connectivity index (χ4v) is 1.95. The van der Waals surface area contributed by atoms with Gasteiger partial charge in [-0.25, -0.2) is 0 Å². The Morgan fingerprint density at radius 1 is 0.750 bits per heavy atom. The lowest BCUT2D eigenvalue weighted by molar-refractivity contribution is 0.477. The van der Waals surface area contributed by atoms with Crippen LogP contribution in [0.15, 0.2) is 77.0 Å². The van der Waals surface area contributed by atoms with Gasteiger partial charge in [0.2, 0.25) is 0 Å². The molecule has 3 aromatic rings. The van der Waals surface area contributed by atoms with Crippen LogP contribution in [0.25, 0.3) is 10.8 Å². The Labute approximate surface area is 144 Å². The van der Waals surface area contributed by atoms with Crippen LogP contribution in [0.3, 0.4) is 0 Å². The summed E-state index contributed by atoms with van der Waals surface area (Å²) in [6.07, 6.45) is 1.25. The van der Waals surface area contributed by atoms with Crippen molar-refractivity contribution >= 4 is 22.1 Å². The van der Waals surface area contributed by atoms with Gasteiger partial charge >= 0.3 is 0 Å². The highest BCUT2D eigenvalue weighted by Gasteiger charge is 2.05. The van der Waals surface area contributed by atoms with Crippen LogP contribution >= 0.6 is 0 Å². The van der Waals surface area contributed by atoms with Crippen LogP contribution in [0, 0.1) is 0 Å². The quantitative estimate of drug-likeness (QED) is 0.491. The molecule has 0 aromatic heterocycles. The molecule has 1 N–H and O–H groups in total. The standard InChI is InChI=1S/C16H12N2O.C3H8.C2H6/c19-15-11-10-12-6-4-5-9-14(12)16(15)18-17-13-7-2-1-3-8-13;1-3-2;1-2/h1-11,19H;3H2,1-2H3;1-2H3. The van der Waals surface area contributed by atoms with Crippen LogP contribution in [0.4, 0.5) is 11.4 Å². The predicted octanol–water partition coefficient (Wildman–Crippen LogP) is 7.40. The highest BCUT2D eigenvalue weighted by atomic mass is 16.3. The molecule has 0 heterocycles. The number of aromatic hydroxyl groups is 1. The van der Waals surface area contributed by atoms with E-state index < -0.39 is 0 Å². The summed E-state index contributed by atoms with van der Waals surface area (Å²) in [5.74, 6) is 0.137. The zero-order chi connectivity index (χ0) is 17.8. The lowest BCUT2D eigenvalue weighted by Gasteiger charge is -2.03. The average Bonchev–Trinajstić information content (AvgIpc) is 2.64. The molecule has 0 saturated heterocycles. The van der Waals surface area contributed by atoms with Crippen molar-refractivity contribution in [1.82, 2.24) is 0 Å². The fraction of sp³-hybridized carbons (Fsp3) is 0.238. The van der Waals surface area contributed by atoms with E-state index in [9.17, 15) is 5.11 Å². The lowest BCUT2D eigenvalue weighted by atomic mass is 10.1. The number of hydrogen-bond donors (Lipinski definition) is 1. The zero-order valence-electron chi connectivity index (χ0n) is 14.9. The second-order valence-electron chi connectivity index (χ2n) is 4.90. The summed E-state index contributed by atoms with van der Waals surface area (Å²) in [5.41, 5.74) is 1.26. The summed E-state index contributed by atoms with van der Waals surface area (Å²) in [5, 5.41) is 20.2. The third kappa shape index (κ3) is 5.51. The van der Waals surface area contributed by atoms with Crippen molar-refractivity contribution in [3.05, 3.63) is 66.7 Å². The second-order valence-corrected chi connectivity index (χ2v) is 4.90. The number of phenolic OH excluding ortho intramolecular Hbond substituents is 1. The normalized spacial score (nSPS) is 9.83. The van der Waals surface area contributed by atoms with Crippen LogP contribution in [-0.2, 0) is 0 Å². The van der Waals surface area contributed by atoms with Crippen molar-refractivity contribution in [2.24, 2.45) is 10.2 Å². The zero-order valence-corrected chi connectivity index (χ0v) is 14.9. The third-order valence-corrected chi connectivity index (χ3v) is 2.90. The first kappa shape index (κ1) is 19.4. The van der Waals surface area contributed by atoms with Crippen molar-refractivity contribution < 1.29 is 5.11 Å². The summed E-state index contributed by atoms with van der Waals surface area (Å²) >= 11 is 0. The summed E-state index contributed by atoms with van der Waals surface area (Å²) in [7, 11) is 0. The highest BCUT2D eigenvalue weighted by Crippen LogP contribution is 2.35. The Morgan fingerprint density at radius 3 is 2.00 bits per heavy atom. The Hall–Kier alpha value is -2.68. The monoisotopic (exact) mass is 322 g/mol. The SMILES string of the molecule is CC.CCC.Oc1ccc2ccccc2c1N=Nc1ccccc1. The van der Waals surface area contributed by atoms with E-state index in [4.69, 9.17) is 0 Å². The predicted molar refractivity (Wildman–Crippen MR) is 104 cm³/mol. The first-order chi connectivity index (χ1) is 11.8. The lowest BCUT2D eigenvalue weighted by Crippen LogP contribution is -1.74. The molecule has 24 heavy (non-hydrogen) atoms. The van der Waals surface area contributed by atoms with Gasteiger partial charge < -0.3 is 5.11 Å². The van der Waals surface area contributed by atoms with Crippen LogP contribution in [0.2, 0.25) is 0 Å². The number of nitrogens with zero attached hydrogens (tertiary/aromatic N) is 2. The third-order valence-electron chi connectivity index (χ3n) is 2.90. The van der Waals surface area contributed by atoms with Gasteiger partial charge in [-0.2, -0.15) is 5.11 Å². The summed E-state index contributed by atoms with van der Waals surface area (Å²) in [4.78, 5) is 0. The van der Waals surface area contributed by atoms with Gasteiger partial charge in [-0.1, -0.05) is 82.6 Å². The second kappa shape index (κ2) is 10.9. The smallest absolute Gasteiger partial charge is 0.143 e. The largest absolute Gasteiger partial charge is 0.506 e. The van der Waals surface area contributed by atoms with E-state index in [-0.39, 0.29) is 5.75 Å². The van der Waals surface area contributed by atoms with Crippen LogP contribution in [0.1, 0.15) is 34.1 Å². The molecule has 0 aliphatic rings. The van der Waals surface area contributed by atoms with E-state index in [2.05, 4.69) is 24.1 Å². The van der Waals surface area contributed by atoms with Gasteiger partial charge in [0, 0.05) is 5.39 Å². The Bertz CT molecular complexity index is 752. The van der Waals surface area contributed by atoms with Crippen molar-refractivity contribution in [3.63, 3.8) is 0 Å². The number of benzene rings is 3. The topological polar surface area (TPSA) is 45.0 Å². The van der Waals surface area contributed by atoms with E-state index >= 15 is 0 Å². The Morgan fingerprint density at radius 2 is 1.33 bits per heavy atom. The van der Waals surface area contributed by atoms with Gasteiger partial charge in [-0.3, -0.25) is 0 Å². The van der Waals surface area contributed by atoms with Crippen molar-refractivity contribution in [2.45, 2.75) is 34.1 Å². The van der Waals surface area contributed by atoms with Gasteiger partial charge in [-0.05, 0) is 23.6 Å². The van der Waals surface area contributed by atoms with E-state index in [1.54, 1.807) is 6.07 Å². The maximum atomic E-state index is 9.93. The molecule has 126 valence electrons. The minimum atomic E-state index is 0.137. The highest BCUT2D eigenvalue weighted by molar-refractivity contribution is 5.95. The molecular formula is C21H26N2O. The number of azo groups is 1. The van der Waals surface area contributed by atoms with Crippen LogP contribution in [-0.4, -0.2) is 5.11 Å². The Kier molecular flexibility index (Phi) is 8.84. The van der Waals surface area contributed by atoms with E-state index in [0.29, 0.717) is 5.69 Å². The van der Waals surface area contributed by atoms with E-state index in [1.807, 2.05) is 74.5 Å². The van der Waals surface area contributed by atoms with Crippen LogP contribution in [0.5, 0.6) is 5.75 Å². The molecule has 0 amide bonds. The molecule has 0 radical (unpaired) electrons. The van der Waals surface area contributed by atoms with E-state index in [0.717, 1.165) is 16.5 Å². The first-order valence-corrected chi connectivity index (χ1v) is 8.43. The molecule has 3 heteroatoms. The van der Waals surface area contributed by atoms with Crippen LogP contribution < -0.4 is 0 Å². The minimum absolute atomic E-state index is 0.137. The van der Waals surface area contributed by atoms with Crippen molar-refractivity contribution in [1.29, 1.82) is 0 Å². The molecule has 3 nitrogen and oxygen atoms in total. The molecule has 3 aromatic carbocycles. The molecule has 0 bridgehead atoms. The van der Waals surface area contributed by atoms with Crippen molar-refractivity contribution in [2.75, 3.05) is 0 Å². The molecule has 0 unspecified atom stereocenters. The van der Waals surface area contributed by atoms with E-state index in [1.165, 1.54) is 6.42 Å². The summed E-state index contributed by atoms with van der Waals surface area (Å²) < 4.78 is 0. The Balaban J connectivity index is 0.000000521. The average molecular weight is 322 g/mol. The van der Waals surface area contributed by atoms with Gasteiger partial charge in [-0.15, -0.1) is 5.11 Å². The fourth-order valence-electron chi connectivity index (χ4n) is 1.95. The number of phenols is 1. The van der Waals surface area contributed by atoms with Crippen molar-refractivity contribution in [3.8, 4) is 5.75 Å². The maximum Gasteiger partial charge on any atom is 0.143 e. The number of fused-ring (bicyclic) bond motifs is 1. The molecule has 0 spiro atoms. The maximum absolute atomic E-state index is 9.93. The minimum Gasteiger partial charge on any atom is -0.506 e. The van der Waals surface area contributed by atoms with Gasteiger partial charge in [0.05, 0.1) is 5.69 Å². The summed E-state index contributed by atoms with van der Waals surface area (Å²) in [6, 6.07) is 20.7. The molecule has 0 aliphatic heterocycles. The summed E-state index contributed by atoms with van der Waals surface area (Å²) in [6.45, 7) is 8.25. The molecular weight excluding hydrogens is 296 g/mol. The molecule has 0 saturated carbocycles.